The molecule has 0 unspecified atom stereocenters. The number of sulfone groups is 1. The Hall–Kier alpha value is -3.46. The molecule has 3 aromatic rings. The monoisotopic (exact) mass is 546 g/mol. The van der Waals surface area contributed by atoms with Crippen LogP contribution in [0.3, 0.4) is 0 Å². The number of hydrogen-bond acceptors (Lipinski definition) is 9. The lowest BCUT2D eigenvalue weighted by Crippen LogP contribution is -2.13. The van der Waals surface area contributed by atoms with E-state index in [2.05, 4.69) is 28.5 Å². The normalized spacial score (nSPS) is 11.7. The second-order valence-electron chi connectivity index (χ2n) is 7.86. The number of aromatic nitrogens is 2. The van der Waals surface area contributed by atoms with Gasteiger partial charge in [-0.15, -0.1) is 0 Å². The molecule has 1 heterocycles. The van der Waals surface area contributed by atoms with E-state index in [1.807, 2.05) is 30.3 Å². The zero-order chi connectivity index (χ0) is 26.3. The molecule has 0 aliphatic carbocycles. The van der Waals surface area contributed by atoms with Gasteiger partial charge in [0.2, 0.25) is 15.0 Å². The minimum atomic E-state index is -3.61. The van der Waals surface area contributed by atoms with Crippen LogP contribution in [0.5, 0.6) is 11.5 Å². The van der Waals surface area contributed by atoms with Crippen molar-refractivity contribution in [2.75, 3.05) is 24.8 Å². The second kappa shape index (κ2) is 12.0. The SMILES string of the molecule is CC(C)c1ccccc1OCCOc1ccc(/C=C(/C#N)C(=O)Nc2nc(S(C)(=O)=O)ns2)cc1Cl. The molecular weight excluding hydrogens is 524 g/mol. The van der Waals surface area contributed by atoms with Crippen molar-refractivity contribution in [1.82, 2.24) is 9.36 Å². The van der Waals surface area contributed by atoms with E-state index in [4.69, 9.17) is 21.1 Å². The third-order valence-corrected chi connectivity index (χ3v) is 6.62. The lowest BCUT2D eigenvalue weighted by atomic mass is 10.0. The zero-order valence-electron chi connectivity index (χ0n) is 19.7. The summed E-state index contributed by atoms with van der Waals surface area (Å²) in [6.45, 7) is 4.79. The van der Waals surface area contributed by atoms with E-state index in [0.717, 1.165) is 17.6 Å². The van der Waals surface area contributed by atoms with Gasteiger partial charge < -0.3 is 9.47 Å². The lowest BCUT2D eigenvalue weighted by Gasteiger charge is -2.14. The first-order chi connectivity index (χ1) is 17.1. The van der Waals surface area contributed by atoms with Gasteiger partial charge in [-0.3, -0.25) is 10.1 Å². The predicted octanol–water partition coefficient (Wildman–Crippen LogP) is 4.72. The Kier molecular flexibility index (Phi) is 9.03. The number of benzene rings is 2. The number of ether oxygens (including phenoxy) is 2. The van der Waals surface area contributed by atoms with Gasteiger partial charge in [0.15, 0.2) is 0 Å². The van der Waals surface area contributed by atoms with Crippen molar-refractivity contribution in [3.63, 3.8) is 0 Å². The van der Waals surface area contributed by atoms with Crippen LogP contribution < -0.4 is 14.8 Å². The minimum absolute atomic E-state index is 0.0402. The molecule has 0 saturated carbocycles. The van der Waals surface area contributed by atoms with E-state index in [0.29, 0.717) is 40.4 Å². The van der Waals surface area contributed by atoms with Gasteiger partial charge in [-0.25, -0.2) is 8.42 Å². The van der Waals surface area contributed by atoms with Crippen LogP contribution in [0.15, 0.2) is 53.2 Å². The topological polar surface area (TPSA) is 131 Å². The molecule has 9 nitrogen and oxygen atoms in total. The van der Waals surface area contributed by atoms with Gasteiger partial charge in [0.05, 0.1) is 5.02 Å². The lowest BCUT2D eigenvalue weighted by molar-refractivity contribution is -0.112. The van der Waals surface area contributed by atoms with Crippen LogP contribution in [-0.4, -0.2) is 43.2 Å². The van der Waals surface area contributed by atoms with Crippen LogP contribution >= 0.6 is 23.1 Å². The number of carbonyl (C=O) groups excluding carboxylic acids is 1. The smallest absolute Gasteiger partial charge is 0.268 e. The van der Waals surface area contributed by atoms with Crippen LogP contribution in [0.2, 0.25) is 5.02 Å². The van der Waals surface area contributed by atoms with E-state index < -0.39 is 20.9 Å². The molecule has 0 aliphatic rings. The second-order valence-corrected chi connectivity index (χ2v) is 10.9. The molecule has 0 aliphatic heterocycles. The highest BCUT2D eigenvalue weighted by atomic mass is 35.5. The fourth-order valence-electron chi connectivity index (χ4n) is 3.01. The quantitative estimate of drug-likeness (QED) is 0.219. The van der Waals surface area contributed by atoms with Crippen molar-refractivity contribution >= 4 is 50.1 Å². The molecule has 12 heteroatoms. The molecule has 1 N–H and O–H groups in total. The molecule has 36 heavy (non-hydrogen) atoms. The van der Waals surface area contributed by atoms with Crippen LogP contribution in [0.25, 0.3) is 6.08 Å². The summed E-state index contributed by atoms with van der Waals surface area (Å²) in [6.07, 6.45) is 2.30. The van der Waals surface area contributed by atoms with Crippen LogP contribution in [0.1, 0.15) is 30.9 Å². The Bertz CT molecular complexity index is 1430. The molecule has 188 valence electrons. The van der Waals surface area contributed by atoms with Crippen molar-refractivity contribution in [1.29, 1.82) is 5.26 Å². The summed E-state index contributed by atoms with van der Waals surface area (Å²) in [6, 6.07) is 14.5. The van der Waals surface area contributed by atoms with Gasteiger partial charge in [0, 0.05) is 17.8 Å². The molecule has 0 bridgehead atoms. The van der Waals surface area contributed by atoms with E-state index >= 15 is 0 Å². The molecule has 1 amide bonds. The number of nitrogens with zero attached hydrogens (tertiary/aromatic N) is 3. The van der Waals surface area contributed by atoms with E-state index in [1.54, 1.807) is 18.2 Å². The first kappa shape index (κ1) is 27.1. The maximum Gasteiger partial charge on any atom is 0.268 e. The maximum absolute atomic E-state index is 12.4. The largest absolute Gasteiger partial charge is 0.490 e. The van der Waals surface area contributed by atoms with Crippen molar-refractivity contribution in [3.05, 3.63) is 64.2 Å². The third-order valence-electron chi connectivity index (χ3n) is 4.73. The molecule has 0 fully saturated rings. The van der Waals surface area contributed by atoms with Crippen LogP contribution in [0.4, 0.5) is 5.13 Å². The maximum atomic E-state index is 12.4. The number of nitriles is 1. The summed E-state index contributed by atoms with van der Waals surface area (Å²) in [7, 11) is -3.61. The fraction of sp³-hybridized carbons (Fsp3) is 0.250. The predicted molar refractivity (Wildman–Crippen MR) is 138 cm³/mol. The van der Waals surface area contributed by atoms with Gasteiger partial charge in [-0.2, -0.15) is 14.6 Å². The Labute approximate surface area is 218 Å². The molecule has 0 atom stereocenters. The number of hydrogen-bond donors (Lipinski definition) is 1. The minimum Gasteiger partial charge on any atom is -0.490 e. The number of para-hydroxylation sites is 1. The summed E-state index contributed by atoms with van der Waals surface area (Å²) < 4.78 is 38.2. The zero-order valence-corrected chi connectivity index (χ0v) is 22.1. The molecule has 1 aromatic heterocycles. The average Bonchev–Trinajstić information content (AvgIpc) is 3.30. The van der Waals surface area contributed by atoms with E-state index in [-0.39, 0.29) is 17.3 Å². The van der Waals surface area contributed by atoms with Gasteiger partial charge in [-0.1, -0.05) is 49.7 Å². The van der Waals surface area contributed by atoms with Crippen molar-refractivity contribution in [2.24, 2.45) is 0 Å². The standard InChI is InChI=1S/C24H23ClN4O5S2/c1-15(2)18-6-4-5-7-20(18)33-10-11-34-21-9-8-16(13-19(21)25)12-17(14-26)22(30)27-23-28-24(29-35-23)36(3,31)32/h4-9,12-13,15H,10-11H2,1-3H3,(H,27,28,29,30)/b17-12-. The van der Waals surface area contributed by atoms with Gasteiger partial charge in [-0.05, 0) is 41.3 Å². The number of nitrogens with one attached hydrogen (secondary N) is 1. The first-order valence-corrected chi connectivity index (χ1v) is 13.7. The summed E-state index contributed by atoms with van der Waals surface area (Å²) in [5.74, 6) is 0.815. The van der Waals surface area contributed by atoms with E-state index in [9.17, 15) is 18.5 Å². The van der Waals surface area contributed by atoms with Gasteiger partial charge in [0.1, 0.15) is 36.4 Å². The first-order valence-electron chi connectivity index (χ1n) is 10.7. The summed E-state index contributed by atoms with van der Waals surface area (Å²) >= 11 is 7.02. The third kappa shape index (κ3) is 7.27. The highest BCUT2D eigenvalue weighted by molar-refractivity contribution is 7.90. The Morgan fingerprint density at radius 3 is 2.50 bits per heavy atom. The van der Waals surface area contributed by atoms with Crippen molar-refractivity contribution in [3.8, 4) is 17.6 Å². The highest BCUT2D eigenvalue weighted by Gasteiger charge is 2.17. The van der Waals surface area contributed by atoms with Crippen molar-refractivity contribution < 1.29 is 22.7 Å². The number of amides is 1. The summed E-state index contributed by atoms with van der Waals surface area (Å²) in [5.41, 5.74) is 1.38. The highest BCUT2D eigenvalue weighted by Crippen LogP contribution is 2.28. The molecule has 0 saturated heterocycles. The van der Waals surface area contributed by atoms with Gasteiger partial charge >= 0.3 is 0 Å². The molecule has 3 rings (SSSR count). The Morgan fingerprint density at radius 2 is 1.89 bits per heavy atom. The Balaban J connectivity index is 1.61. The Morgan fingerprint density at radius 1 is 1.19 bits per heavy atom. The summed E-state index contributed by atoms with van der Waals surface area (Å²) in [4.78, 5) is 16.2. The van der Waals surface area contributed by atoms with Crippen LogP contribution in [0, 0.1) is 11.3 Å². The number of halogens is 1. The number of anilines is 1. The average molecular weight is 547 g/mol. The van der Waals surface area contributed by atoms with E-state index in [1.165, 1.54) is 6.08 Å². The van der Waals surface area contributed by atoms with Crippen molar-refractivity contribution in [2.45, 2.75) is 24.9 Å². The number of carbonyl (C=O) groups is 1. The molecule has 0 radical (unpaired) electrons. The molecular formula is C24H23ClN4O5S2. The fourth-order valence-corrected chi connectivity index (χ4v) is 4.69. The molecule has 2 aromatic carbocycles. The summed E-state index contributed by atoms with van der Waals surface area (Å²) in [5, 5.41) is 11.6. The van der Waals surface area contributed by atoms with Gasteiger partial charge in [0.25, 0.3) is 11.1 Å². The van der Waals surface area contributed by atoms with Crippen LogP contribution in [-0.2, 0) is 14.6 Å². The number of rotatable bonds is 10. The molecule has 0 spiro atoms.